The maximum absolute atomic E-state index is 6.45. The quantitative estimate of drug-likeness (QED) is 0.169. The van der Waals surface area contributed by atoms with Gasteiger partial charge >= 0.3 is 0 Å². The molecule has 0 unspecified atom stereocenters. The van der Waals surface area contributed by atoms with Crippen molar-refractivity contribution >= 4 is 101 Å². The van der Waals surface area contributed by atoms with Gasteiger partial charge in [0.2, 0.25) is 11.7 Å². The third-order valence-electron chi connectivity index (χ3n) is 9.65. The predicted octanol–water partition coefficient (Wildman–Crippen LogP) is 11.9. The molecule has 9 nitrogen and oxygen atoms in total. The lowest BCUT2D eigenvalue weighted by Gasteiger charge is -2.23. The van der Waals surface area contributed by atoms with Crippen molar-refractivity contribution in [2.75, 3.05) is 9.80 Å². The summed E-state index contributed by atoms with van der Waals surface area (Å²) < 4.78 is 18.9. The second-order valence-corrected chi connectivity index (χ2v) is 12.8. The van der Waals surface area contributed by atoms with E-state index >= 15 is 0 Å². The number of furan rings is 3. The fraction of sp³-hybridized carbons (Fsp3) is 0. The van der Waals surface area contributed by atoms with Crippen molar-refractivity contribution in [3.8, 4) is 0 Å². The molecule has 0 aliphatic carbocycles. The van der Waals surface area contributed by atoms with E-state index in [1.807, 2.05) is 125 Å². The van der Waals surface area contributed by atoms with Crippen LogP contribution >= 0.6 is 0 Å². The molecule has 0 aliphatic heterocycles. The number of hydrogen-bond acceptors (Lipinski definition) is 9. The monoisotopic (exact) mass is 686 g/mol. The van der Waals surface area contributed by atoms with Gasteiger partial charge in [0.25, 0.3) is 0 Å². The topological polar surface area (TPSA) is 97.5 Å². The molecule has 0 N–H and O–H groups in total. The highest BCUT2D eigenvalue weighted by atomic mass is 16.3. The van der Waals surface area contributed by atoms with Crippen molar-refractivity contribution in [2.24, 2.45) is 0 Å². The van der Waals surface area contributed by atoms with Crippen LogP contribution in [0.4, 0.5) is 34.5 Å². The van der Waals surface area contributed by atoms with Crippen LogP contribution in [-0.4, -0.2) is 20.2 Å². The molecule has 0 aliphatic rings. The lowest BCUT2D eigenvalue weighted by atomic mass is 10.1. The van der Waals surface area contributed by atoms with Crippen molar-refractivity contribution in [3.05, 3.63) is 158 Å². The van der Waals surface area contributed by atoms with Gasteiger partial charge in [0.15, 0.2) is 11.4 Å². The molecule has 5 heterocycles. The van der Waals surface area contributed by atoms with E-state index < -0.39 is 0 Å². The molecule has 11 aromatic rings. The Bertz CT molecular complexity index is 2940. The van der Waals surface area contributed by atoms with E-state index in [2.05, 4.69) is 41.5 Å². The second kappa shape index (κ2) is 11.5. The summed E-state index contributed by atoms with van der Waals surface area (Å²) in [4.78, 5) is 13.8. The summed E-state index contributed by atoms with van der Waals surface area (Å²) in [7, 11) is 0. The van der Waals surface area contributed by atoms with Crippen LogP contribution in [0.15, 0.2) is 171 Å². The molecule has 6 aromatic carbocycles. The molecule has 0 saturated carbocycles. The highest BCUT2D eigenvalue weighted by molar-refractivity contribution is 6.07. The van der Waals surface area contributed by atoms with Crippen LogP contribution < -0.4 is 9.80 Å². The van der Waals surface area contributed by atoms with Gasteiger partial charge in [-0.25, -0.2) is 4.98 Å². The van der Waals surface area contributed by atoms with E-state index in [1.165, 1.54) is 0 Å². The number of benzene rings is 6. The Kier molecular flexibility index (Phi) is 6.35. The fourth-order valence-corrected chi connectivity index (χ4v) is 7.20. The van der Waals surface area contributed by atoms with Crippen molar-refractivity contribution in [2.45, 2.75) is 0 Å². The largest absolute Gasteiger partial charge is 0.456 e. The molecule has 11 rings (SSSR count). The smallest absolute Gasteiger partial charge is 0.237 e. The van der Waals surface area contributed by atoms with Crippen LogP contribution in [0.1, 0.15) is 0 Å². The van der Waals surface area contributed by atoms with Crippen LogP contribution in [0, 0.1) is 0 Å². The van der Waals surface area contributed by atoms with Gasteiger partial charge in [-0.2, -0.15) is 4.98 Å². The predicted molar refractivity (Wildman–Crippen MR) is 209 cm³/mol. The number of hydrogen-bond donors (Lipinski definition) is 0. The molecule has 0 atom stereocenters. The average molecular weight is 687 g/mol. The maximum Gasteiger partial charge on any atom is 0.237 e. The fourth-order valence-electron chi connectivity index (χ4n) is 7.20. The SMILES string of the molecule is c1ccc(N(c2ccc3c(c2)oc2ccccc23)c2cc3oc4nc(N(c5ccccc5)c5ccc6c(c5)oc5ccccc56)ncc4c3nn2)cc1. The average Bonchev–Trinajstić information content (AvgIpc) is 3.89. The van der Waals surface area contributed by atoms with Crippen LogP contribution in [0.2, 0.25) is 0 Å². The van der Waals surface area contributed by atoms with Crippen LogP contribution in [-0.2, 0) is 0 Å². The van der Waals surface area contributed by atoms with E-state index in [9.17, 15) is 0 Å². The summed E-state index contributed by atoms with van der Waals surface area (Å²) in [5.74, 6) is 1.02. The number of fused-ring (bicyclic) bond motifs is 9. The first-order valence-corrected chi connectivity index (χ1v) is 17.2. The number of para-hydroxylation sites is 4. The van der Waals surface area contributed by atoms with E-state index in [4.69, 9.17) is 28.3 Å². The van der Waals surface area contributed by atoms with Gasteiger partial charge in [-0.15, -0.1) is 10.2 Å². The van der Waals surface area contributed by atoms with Crippen molar-refractivity contribution < 1.29 is 13.3 Å². The van der Waals surface area contributed by atoms with Gasteiger partial charge in [0.05, 0.1) is 16.8 Å². The Morgan fingerprint density at radius 3 is 1.58 bits per heavy atom. The Morgan fingerprint density at radius 1 is 0.396 bits per heavy atom. The molecule has 0 fully saturated rings. The van der Waals surface area contributed by atoms with Crippen LogP contribution in [0.25, 0.3) is 66.1 Å². The standard InChI is InChI=1S/C44H26N6O3/c1-3-11-27(12-4-1)49(29-19-21-33-31-15-7-9-17-36(31)51-38(33)23-29)41-25-40-42(48-47-41)35-26-45-44(46-43(35)53-40)50(28-13-5-2-6-14-28)30-20-22-34-32-16-8-10-18-37(32)52-39(34)24-30/h1-26H. The number of anilines is 6. The lowest BCUT2D eigenvalue weighted by Crippen LogP contribution is -2.13. The molecule has 0 radical (unpaired) electrons. The highest BCUT2D eigenvalue weighted by Crippen LogP contribution is 2.41. The molecule has 0 saturated heterocycles. The minimum Gasteiger partial charge on any atom is -0.456 e. The first-order chi connectivity index (χ1) is 26.2. The van der Waals surface area contributed by atoms with Crippen molar-refractivity contribution in [1.29, 1.82) is 0 Å². The molecule has 0 bridgehead atoms. The first kappa shape index (κ1) is 29.2. The van der Waals surface area contributed by atoms with E-state index in [1.54, 1.807) is 6.20 Å². The molecule has 53 heavy (non-hydrogen) atoms. The Balaban J connectivity index is 1.03. The summed E-state index contributed by atoms with van der Waals surface area (Å²) in [5, 5.41) is 14.3. The Morgan fingerprint density at radius 2 is 0.943 bits per heavy atom. The Hall–Kier alpha value is -7.52. The van der Waals surface area contributed by atoms with E-state index in [-0.39, 0.29) is 0 Å². The Labute approximate surface area is 300 Å². The molecule has 0 spiro atoms. The summed E-state index contributed by atoms with van der Waals surface area (Å²) in [6.07, 6.45) is 1.75. The molecular weight excluding hydrogens is 661 g/mol. The van der Waals surface area contributed by atoms with Gasteiger partial charge in [0.1, 0.15) is 27.8 Å². The second-order valence-electron chi connectivity index (χ2n) is 12.8. The zero-order chi connectivity index (χ0) is 34.9. The van der Waals surface area contributed by atoms with Crippen LogP contribution in [0.3, 0.4) is 0 Å². The molecular formula is C44H26N6O3. The number of rotatable bonds is 6. The summed E-state index contributed by atoms with van der Waals surface area (Å²) >= 11 is 0. The van der Waals surface area contributed by atoms with E-state index in [0.29, 0.717) is 34.0 Å². The maximum atomic E-state index is 6.45. The van der Waals surface area contributed by atoms with Crippen molar-refractivity contribution in [1.82, 2.24) is 20.2 Å². The van der Waals surface area contributed by atoms with Gasteiger partial charge in [-0.1, -0.05) is 72.8 Å². The third-order valence-corrected chi connectivity index (χ3v) is 9.65. The lowest BCUT2D eigenvalue weighted by molar-refractivity contribution is 0.651. The molecule has 9 heteroatoms. The van der Waals surface area contributed by atoms with E-state index in [0.717, 1.165) is 66.6 Å². The summed E-state index contributed by atoms with van der Waals surface area (Å²) in [6.45, 7) is 0. The number of aromatic nitrogens is 4. The third kappa shape index (κ3) is 4.71. The van der Waals surface area contributed by atoms with Gasteiger partial charge < -0.3 is 13.3 Å². The molecule has 0 amide bonds. The highest BCUT2D eigenvalue weighted by Gasteiger charge is 2.22. The minimum atomic E-state index is 0.400. The minimum absolute atomic E-state index is 0.400. The van der Waals surface area contributed by atoms with Gasteiger partial charge in [0, 0.05) is 57.3 Å². The summed E-state index contributed by atoms with van der Waals surface area (Å²) in [6, 6.07) is 50.4. The van der Waals surface area contributed by atoms with Crippen molar-refractivity contribution in [3.63, 3.8) is 0 Å². The molecule has 5 aromatic heterocycles. The van der Waals surface area contributed by atoms with Crippen LogP contribution in [0.5, 0.6) is 0 Å². The first-order valence-electron chi connectivity index (χ1n) is 17.2. The summed E-state index contributed by atoms with van der Waals surface area (Å²) in [5.41, 5.74) is 8.28. The van der Waals surface area contributed by atoms with Gasteiger partial charge in [-0.3, -0.25) is 9.80 Å². The molecule has 250 valence electrons. The normalized spacial score (nSPS) is 11.8. The zero-order valence-corrected chi connectivity index (χ0v) is 27.9. The number of nitrogens with zero attached hydrogens (tertiary/aromatic N) is 6. The van der Waals surface area contributed by atoms with Gasteiger partial charge in [-0.05, 0) is 60.7 Å². The zero-order valence-electron chi connectivity index (χ0n) is 27.9.